The number of nitrogens with zero attached hydrogens (tertiary/aromatic N) is 1. The smallest absolute Gasteiger partial charge is 0.120 e. The van der Waals surface area contributed by atoms with Gasteiger partial charge in [-0.1, -0.05) is 19.3 Å². The zero-order valence-corrected chi connectivity index (χ0v) is 11.4. The zero-order chi connectivity index (χ0) is 13.7. The Hall–Kier alpha value is -1.26. The van der Waals surface area contributed by atoms with E-state index in [4.69, 9.17) is 5.73 Å². The second-order valence-corrected chi connectivity index (χ2v) is 5.37. The molecule has 0 spiro atoms. The van der Waals surface area contributed by atoms with E-state index in [-0.39, 0.29) is 12.4 Å². The van der Waals surface area contributed by atoms with Gasteiger partial charge in [-0.25, -0.2) is 0 Å². The Morgan fingerprint density at radius 1 is 1.21 bits per heavy atom. The van der Waals surface area contributed by atoms with Gasteiger partial charge in [0.25, 0.3) is 0 Å². The van der Waals surface area contributed by atoms with Gasteiger partial charge in [-0.05, 0) is 31.0 Å². The summed E-state index contributed by atoms with van der Waals surface area (Å²) >= 11 is 0. The summed E-state index contributed by atoms with van der Waals surface area (Å²) in [6.45, 7) is 1.46. The second-order valence-electron chi connectivity index (χ2n) is 5.37. The van der Waals surface area contributed by atoms with Crippen LogP contribution < -0.4 is 5.73 Å². The van der Waals surface area contributed by atoms with E-state index in [1.54, 1.807) is 12.1 Å². The molecule has 4 N–H and O–H groups in total. The minimum atomic E-state index is 0.152. The van der Waals surface area contributed by atoms with Crippen LogP contribution >= 0.6 is 0 Å². The van der Waals surface area contributed by atoms with Gasteiger partial charge in [0.1, 0.15) is 5.75 Å². The summed E-state index contributed by atoms with van der Waals surface area (Å²) in [6.07, 6.45) is 6.20. The number of aromatic hydroxyl groups is 1. The van der Waals surface area contributed by atoms with Crippen LogP contribution in [0.3, 0.4) is 0 Å². The van der Waals surface area contributed by atoms with Crippen molar-refractivity contribution in [2.24, 2.45) is 0 Å². The standard InChI is InChI=1S/C15H24N2O2/c16-13-6-7-15(19)12(10-13)11-17(8-9-18)14-4-2-1-3-5-14/h6-7,10,14,18-19H,1-5,8-9,11,16H2. The molecule has 1 fully saturated rings. The highest BCUT2D eigenvalue weighted by Crippen LogP contribution is 2.27. The Kier molecular flexibility index (Phi) is 5.05. The lowest BCUT2D eigenvalue weighted by atomic mass is 9.93. The molecule has 2 rings (SSSR count). The number of hydrogen-bond acceptors (Lipinski definition) is 4. The highest BCUT2D eigenvalue weighted by molar-refractivity contribution is 5.47. The van der Waals surface area contributed by atoms with Crippen molar-refractivity contribution in [1.29, 1.82) is 0 Å². The molecule has 4 nitrogen and oxygen atoms in total. The Balaban J connectivity index is 2.08. The lowest BCUT2D eigenvalue weighted by Crippen LogP contribution is -2.38. The molecule has 4 heteroatoms. The number of phenolic OH excluding ortho intramolecular Hbond substituents is 1. The van der Waals surface area contributed by atoms with Gasteiger partial charge in [-0.3, -0.25) is 4.90 Å². The topological polar surface area (TPSA) is 69.7 Å². The van der Waals surface area contributed by atoms with Crippen LogP contribution in [0.15, 0.2) is 18.2 Å². The molecule has 0 heterocycles. The molecule has 0 amide bonds. The maximum Gasteiger partial charge on any atom is 0.120 e. The molecule has 0 aliphatic heterocycles. The molecule has 1 aliphatic carbocycles. The van der Waals surface area contributed by atoms with Crippen molar-refractivity contribution >= 4 is 5.69 Å². The summed E-state index contributed by atoms with van der Waals surface area (Å²) in [7, 11) is 0. The Bertz CT molecular complexity index is 403. The maximum atomic E-state index is 9.91. The summed E-state index contributed by atoms with van der Waals surface area (Å²) in [5.41, 5.74) is 7.29. The Morgan fingerprint density at radius 2 is 1.95 bits per heavy atom. The third-order valence-corrected chi connectivity index (χ3v) is 3.96. The molecule has 1 aromatic rings. The van der Waals surface area contributed by atoms with Crippen molar-refractivity contribution in [3.05, 3.63) is 23.8 Å². The van der Waals surface area contributed by atoms with Crippen LogP contribution in [0.2, 0.25) is 0 Å². The van der Waals surface area contributed by atoms with Crippen molar-refractivity contribution in [3.63, 3.8) is 0 Å². The van der Waals surface area contributed by atoms with Gasteiger partial charge in [-0.2, -0.15) is 0 Å². The van der Waals surface area contributed by atoms with Gasteiger partial charge in [0.15, 0.2) is 0 Å². The van der Waals surface area contributed by atoms with Gasteiger partial charge >= 0.3 is 0 Å². The predicted molar refractivity (Wildman–Crippen MR) is 76.9 cm³/mol. The maximum absolute atomic E-state index is 9.91. The molecule has 106 valence electrons. The van der Waals surface area contributed by atoms with Crippen LogP contribution in [0.1, 0.15) is 37.7 Å². The highest BCUT2D eigenvalue weighted by atomic mass is 16.3. The largest absolute Gasteiger partial charge is 0.508 e. The fourth-order valence-corrected chi connectivity index (χ4v) is 2.92. The monoisotopic (exact) mass is 264 g/mol. The molecule has 0 unspecified atom stereocenters. The van der Waals surface area contributed by atoms with Crippen LogP contribution in [0.4, 0.5) is 5.69 Å². The third-order valence-electron chi connectivity index (χ3n) is 3.96. The van der Waals surface area contributed by atoms with E-state index in [2.05, 4.69) is 4.90 Å². The van der Waals surface area contributed by atoms with Crippen LogP contribution in [-0.4, -0.2) is 34.3 Å². The Labute approximate surface area is 114 Å². The summed E-state index contributed by atoms with van der Waals surface area (Å²) < 4.78 is 0. The van der Waals surface area contributed by atoms with Gasteiger partial charge in [0.05, 0.1) is 6.61 Å². The zero-order valence-electron chi connectivity index (χ0n) is 11.4. The molecular weight excluding hydrogens is 240 g/mol. The van der Waals surface area contributed by atoms with Crippen LogP contribution in [0.5, 0.6) is 5.75 Å². The highest BCUT2D eigenvalue weighted by Gasteiger charge is 2.21. The molecule has 0 bridgehead atoms. The van der Waals surface area contributed by atoms with E-state index < -0.39 is 0 Å². The molecule has 0 aromatic heterocycles. The van der Waals surface area contributed by atoms with E-state index in [1.807, 2.05) is 6.07 Å². The number of aliphatic hydroxyl groups excluding tert-OH is 1. The van der Waals surface area contributed by atoms with Crippen molar-refractivity contribution in [3.8, 4) is 5.75 Å². The van der Waals surface area contributed by atoms with Crippen molar-refractivity contribution in [2.75, 3.05) is 18.9 Å². The first-order chi connectivity index (χ1) is 9.20. The van der Waals surface area contributed by atoms with E-state index in [0.717, 1.165) is 5.56 Å². The van der Waals surface area contributed by atoms with Gasteiger partial charge < -0.3 is 15.9 Å². The normalized spacial score (nSPS) is 16.9. The van der Waals surface area contributed by atoms with E-state index >= 15 is 0 Å². The first kappa shape index (κ1) is 14.2. The van der Waals surface area contributed by atoms with Gasteiger partial charge in [-0.15, -0.1) is 0 Å². The van der Waals surface area contributed by atoms with E-state index in [1.165, 1.54) is 32.1 Å². The van der Waals surface area contributed by atoms with Crippen molar-refractivity contribution in [2.45, 2.75) is 44.7 Å². The lowest BCUT2D eigenvalue weighted by Gasteiger charge is -2.34. The summed E-state index contributed by atoms with van der Waals surface area (Å²) in [5.74, 6) is 0.285. The van der Waals surface area contributed by atoms with Gasteiger partial charge in [0, 0.05) is 30.4 Å². The second kappa shape index (κ2) is 6.78. The van der Waals surface area contributed by atoms with Crippen molar-refractivity contribution in [1.82, 2.24) is 4.90 Å². The fourth-order valence-electron chi connectivity index (χ4n) is 2.92. The van der Waals surface area contributed by atoms with Crippen LogP contribution in [-0.2, 0) is 6.54 Å². The molecular formula is C15H24N2O2. The molecule has 0 saturated heterocycles. The molecule has 1 aromatic carbocycles. The molecule has 0 atom stereocenters. The third kappa shape index (κ3) is 3.85. The van der Waals surface area contributed by atoms with Gasteiger partial charge in [0.2, 0.25) is 0 Å². The number of nitrogen functional groups attached to an aromatic ring is 1. The molecule has 0 radical (unpaired) electrons. The first-order valence-electron chi connectivity index (χ1n) is 7.13. The predicted octanol–water partition coefficient (Wildman–Crippen LogP) is 2.10. The van der Waals surface area contributed by atoms with Crippen LogP contribution in [0, 0.1) is 0 Å². The Morgan fingerprint density at radius 3 is 2.63 bits per heavy atom. The number of hydrogen-bond donors (Lipinski definition) is 3. The first-order valence-corrected chi connectivity index (χ1v) is 7.13. The number of anilines is 1. The number of rotatable bonds is 5. The minimum absolute atomic E-state index is 0.152. The van der Waals surface area contributed by atoms with Crippen molar-refractivity contribution < 1.29 is 10.2 Å². The average Bonchev–Trinajstić information content (AvgIpc) is 2.43. The minimum Gasteiger partial charge on any atom is -0.508 e. The van der Waals surface area contributed by atoms with E-state index in [9.17, 15) is 10.2 Å². The average molecular weight is 264 g/mol. The summed E-state index contributed by atoms with van der Waals surface area (Å²) in [5, 5.41) is 19.1. The summed E-state index contributed by atoms with van der Waals surface area (Å²) in [6, 6.07) is 5.68. The SMILES string of the molecule is Nc1ccc(O)c(CN(CCO)C2CCCCC2)c1. The summed E-state index contributed by atoms with van der Waals surface area (Å²) in [4.78, 5) is 2.27. The number of nitrogens with two attached hydrogens (primary N) is 1. The quantitative estimate of drug-likeness (QED) is 0.562. The van der Waals surface area contributed by atoms with Crippen LogP contribution in [0.25, 0.3) is 0 Å². The molecule has 1 aliphatic rings. The number of aliphatic hydroxyl groups is 1. The molecule has 1 saturated carbocycles. The number of benzene rings is 1. The molecule has 19 heavy (non-hydrogen) atoms. The fraction of sp³-hybridized carbons (Fsp3) is 0.600. The number of phenols is 1. The lowest BCUT2D eigenvalue weighted by molar-refractivity contribution is 0.116. The van der Waals surface area contributed by atoms with E-state index in [0.29, 0.717) is 24.8 Å².